The normalized spacial score (nSPS) is 15.1. The maximum absolute atomic E-state index is 5.27. The van der Waals surface area contributed by atoms with Gasteiger partial charge in [-0.1, -0.05) is 16.4 Å². The molecule has 1 fully saturated rings. The van der Waals surface area contributed by atoms with Crippen LogP contribution in [0, 0.1) is 6.92 Å². The van der Waals surface area contributed by atoms with E-state index in [0.29, 0.717) is 29.1 Å². The zero-order chi connectivity index (χ0) is 14.2. The summed E-state index contributed by atoms with van der Waals surface area (Å²) >= 11 is 0. The lowest BCUT2D eigenvalue weighted by atomic mass is 10.2. The molecule has 0 bridgehead atoms. The van der Waals surface area contributed by atoms with Crippen LogP contribution in [0.2, 0.25) is 0 Å². The minimum absolute atomic E-state index is 0.353. The van der Waals surface area contributed by atoms with Crippen LogP contribution < -0.4 is 5.32 Å². The van der Waals surface area contributed by atoms with Crippen molar-refractivity contribution in [2.24, 2.45) is 0 Å². The minimum Gasteiger partial charge on any atom is -0.332 e. The smallest absolute Gasteiger partial charge is 0.280 e. The van der Waals surface area contributed by atoms with E-state index < -0.39 is 0 Å². The standard InChI is InChI=1S/C13H13N7O/c1-8-3-2-4-15-11(8)12-16-13(21-18-12)10-7-20(19-17-10)9-5-14-6-9/h2-4,7,9,14H,5-6H2,1H3. The second kappa shape index (κ2) is 4.74. The Labute approximate surface area is 120 Å². The van der Waals surface area contributed by atoms with Gasteiger partial charge in [0.2, 0.25) is 5.82 Å². The van der Waals surface area contributed by atoms with Crippen LogP contribution in [-0.2, 0) is 0 Å². The topological polar surface area (TPSA) is 94.6 Å². The quantitative estimate of drug-likeness (QED) is 0.761. The Morgan fingerprint density at radius 1 is 1.38 bits per heavy atom. The van der Waals surface area contributed by atoms with Gasteiger partial charge in [-0.2, -0.15) is 4.98 Å². The molecule has 8 nitrogen and oxygen atoms in total. The van der Waals surface area contributed by atoms with Crippen molar-refractivity contribution in [2.45, 2.75) is 13.0 Å². The molecule has 21 heavy (non-hydrogen) atoms. The van der Waals surface area contributed by atoms with Crippen LogP contribution in [0.4, 0.5) is 0 Å². The van der Waals surface area contributed by atoms with Crippen LogP contribution in [0.3, 0.4) is 0 Å². The van der Waals surface area contributed by atoms with Gasteiger partial charge in [-0.15, -0.1) is 5.10 Å². The molecule has 1 aliphatic heterocycles. The number of nitrogens with one attached hydrogen (secondary N) is 1. The van der Waals surface area contributed by atoms with E-state index in [0.717, 1.165) is 18.7 Å². The highest BCUT2D eigenvalue weighted by Gasteiger charge is 2.22. The summed E-state index contributed by atoms with van der Waals surface area (Å²) in [5.74, 6) is 0.816. The van der Waals surface area contributed by atoms with E-state index in [1.807, 2.05) is 29.9 Å². The Morgan fingerprint density at radius 3 is 3.05 bits per heavy atom. The zero-order valence-corrected chi connectivity index (χ0v) is 11.4. The number of nitrogens with zero attached hydrogens (tertiary/aromatic N) is 6. The van der Waals surface area contributed by atoms with Crippen molar-refractivity contribution in [1.82, 2.24) is 35.4 Å². The highest BCUT2D eigenvalue weighted by molar-refractivity contribution is 5.56. The van der Waals surface area contributed by atoms with Crippen molar-refractivity contribution in [2.75, 3.05) is 13.1 Å². The summed E-state index contributed by atoms with van der Waals surface area (Å²) in [5, 5.41) is 15.4. The molecular formula is C13H13N7O. The van der Waals surface area contributed by atoms with E-state index in [9.17, 15) is 0 Å². The molecule has 0 aliphatic carbocycles. The first-order chi connectivity index (χ1) is 10.3. The van der Waals surface area contributed by atoms with Crippen molar-refractivity contribution in [3.05, 3.63) is 30.1 Å². The maximum atomic E-state index is 5.27. The zero-order valence-electron chi connectivity index (χ0n) is 11.4. The van der Waals surface area contributed by atoms with Gasteiger partial charge in [0.15, 0.2) is 5.69 Å². The summed E-state index contributed by atoms with van der Waals surface area (Å²) in [5.41, 5.74) is 2.28. The fourth-order valence-electron chi connectivity index (χ4n) is 2.16. The highest BCUT2D eigenvalue weighted by Crippen LogP contribution is 2.22. The van der Waals surface area contributed by atoms with Gasteiger partial charge in [-0.25, -0.2) is 4.68 Å². The fourth-order valence-corrected chi connectivity index (χ4v) is 2.16. The van der Waals surface area contributed by atoms with Crippen molar-refractivity contribution < 1.29 is 4.52 Å². The SMILES string of the molecule is Cc1cccnc1-c1noc(-c2cn(C3CNC3)nn2)n1. The predicted octanol–water partition coefficient (Wildman–Crippen LogP) is 0.843. The number of aromatic nitrogens is 6. The van der Waals surface area contributed by atoms with Gasteiger partial charge in [0.1, 0.15) is 5.69 Å². The lowest BCUT2D eigenvalue weighted by molar-refractivity contribution is 0.313. The van der Waals surface area contributed by atoms with Crippen LogP contribution in [0.1, 0.15) is 11.6 Å². The second-order valence-electron chi connectivity index (χ2n) is 4.99. The highest BCUT2D eigenvalue weighted by atomic mass is 16.5. The van der Waals surface area contributed by atoms with Gasteiger partial charge < -0.3 is 9.84 Å². The summed E-state index contributed by atoms with van der Waals surface area (Å²) in [6, 6.07) is 4.18. The van der Waals surface area contributed by atoms with Crippen molar-refractivity contribution in [3.8, 4) is 23.1 Å². The average Bonchev–Trinajstić information content (AvgIpc) is 3.06. The number of pyridine rings is 1. The lowest BCUT2D eigenvalue weighted by Gasteiger charge is -2.26. The number of hydrogen-bond acceptors (Lipinski definition) is 7. The molecule has 106 valence electrons. The Balaban J connectivity index is 1.65. The maximum Gasteiger partial charge on any atom is 0.280 e. The van der Waals surface area contributed by atoms with Crippen molar-refractivity contribution >= 4 is 0 Å². The van der Waals surface area contributed by atoms with Gasteiger partial charge in [-0.05, 0) is 18.6 Å². The van der Waals surface area contributed by atoms with E-state index in [1.165, 1.54) is 0 Å². The van der Waals surface area contributed by atoms with Crippen LogP contribution >= 0.6 is 0 Å². The van der Waals surface area contributed by atoms with E-state index in [2.05, 4.69) is 30.8 Å². The van der Waals surface area contributed by atoms with Crippen molar-refractivity contribution in [1.29, 1.82) is 0 Å². The van der Waals surface area contributed by atoms with Gasteiger partial charge in [0.25, 0.3) is 5.89 Å². The molecule has 1 N–H and O–H groups in total. The molecule has 0 saturated carbocycles. The first-order valence-electron chi connectivity index (χ1n) is 6.70. The molecule has 0 aromatic carbocycles. The summed E-state index contributed by atoms with van der Waals surface area (Å²) in [6.07, 6.45) is 3.53. The molecule has 0 amide bonds. The molecular weight excluding hydrogens is 270 g/mol. The predicted molar refractivity (Wildman–Crippen MR) is 73.2 cm³/mol. The van der Waals surface area contributed by atoms with Crippen LogP contribution in [0.15, 0.2) is 29.0 Å². The molecule has 8 heteroatoms. The molecule has 3 aromatic heterocycles. The fraction of sp³-hybridized carbons (Fsp3) is 0.308. The molecule has 1 saturated heterocycles. The van der Waals surface area contributed by atoms with Gasteiger partial charge in [0, 0.05) is 19.3 Å². The first-order valence-corrected chi connectivity index (χ1v) is 6.70. The van der Waals surface area contributed by atoms with Gasteiger partial charge in [-0.3, -0.25) is 4.98 Å². The lowest BCUT2D eigenvalue weighted by Crippen LogP contribution is -2.43. The largest absolute Gasteiger partial charge is 0.332 e. The molecule has 4 rings (SSSR count). The molecule has 0 radical (unpaired) electrons. The van der Waals surface area contributed by atoms with E-state index >= 15 is 0 Å². The Bertz CT molecular complexity index is 774. The second-order valence-corrected chi connectivity index (χ2v) is 4.99. The number of hydrogen-bond donors (Lipinski definition) is 1. The summed E-state index contributed by atoms with van der Waals surface area (Å²) < 4.78 is 7.09. The molecule has 1 aliphatic rings. The number of rotatable bonds is 3. The third-order valence-electron chi connectivity index (χ3n) is 3.51. The molecule has 4 heterocycles. The summed E-state index contributed by atoms with van der Waals surface area (Å²) in [4.78, 5) is 8.63. The average molecular weight is 283 g/mol. The summed E-state index contributed by atoms with van der Waals surface area (Å²) in [7, 11) is 0. The summed E-state index contributed by atoms with van der Waals surface area (Å²) in [6.45, 7) is 3.77. The van der Waals surface area contributed by atoms with E-state index in [1.54, 1.807) is 6.20 Å². The van der Waals surface area contributed by atoms with E-state index in [4.69, 9.17) is 4.52 Å². The van der Waals surface area contributed by atoms with Crippen LogP contribution in [0.5, 0.6) is 0 Å². The number of aryl methyl sites for hydroxylation is 1. The van der Waals surface area contributed by atoms with Gasteiger partial charge >= 0.3 is 0 Å². The third kappa shape index (κ3) is 2.09. The molecule has 0 unspecified atom stereocenters. The molecule has 0 atom stereocenters. The third-order valence-corrected chi connectivity index (χ3v) is 3.51. The Morgan fingerprint density at radius 2 is 2.29 bits per heavy atom. The van der Waals surface area contributed by atoms with Crippen LogP contribution in [0.25, 0.3) is 23.1 Å². The Hall–Kier alpha value is -2.61. The minimum atomic E-state index is 0.353. The van der Waals surface area contributed by atoms with Crippen LogP contribution in [-0.4, -0.2) is 43.2 Å². The monoisotopic (exact) mass is 283 g/mol. The first kappa shape index (κ1) is 12.2. The molecule has 3 aromatic rings. The van der Waals surface area contributed by atoms with Gasteiger partial charge in [0.05, 0.1) is 12.2 Å². The Kier molecular flexibility index (Phi) is 2.74. The van der Waals surface area contributed by atoms with E-state index in [-0.39, 0.29) is 0 Å². The molecule has 0 spiro atoms. The van der Waals surface area contributed by atoms with Crippen molar-refractivity contribution in [3.63, 3.8) is 0 Å².